The lowest BCUT2D eigenvalue weighted by molar-refractivity contribution is -0.135. The van der Waals surface area contributed by atoms with Crippen LogP contribution in [0.1, 0.15) is 6.92 Å². The van der Waals surface area contributed by atoms with Crippen molar-refractivity contribution < 1.29 is 14.3 Å². The van der Waals surface area contributed by atoms with E-state index in [2.05, 4.69) is 10.1 Å². The van der Waals surface area contributed by atoms with Crippen LogP contribution in [0.4, 0.5) is 10.5 Å². The van der Waals surface area contributed by atoms with Crippen molar-refractivity contribution in [3.8, 4) is 0 Å². The molecule has 0 saturated heterocycles. The maximum Gasteiger partial charge on any atom is 0.414 e. The van der Waals surface area contributed by atoms with Crippen molar-refractivity contribution in [3.63, 3.8) is 0 Å². The molecule has 5 heteroatoms. The van der Waals surface area contributed by atoms with E-state index in [-0.39, 0.29) is 6.54 Å². The van der Waals surface area contributed by atoms with Crippen LogP contribution in [0.25, 0.3) is 0 Å². The molecule has 1 rings (SSSR count). The quantitative estimate of drug-likeness (QED) is 0.634. The lowest BCUT2D eigenvalue weighted by Gasteiger charge is -2.21. The van der Waals surface area contributed by atoms with Gasteiger partial charge in [0.15, 0.2) is 0 Å². The number of carbonyl (C=O) groups is 2. The summed E-state index contributed by atoms with van der Waals surface area (Å²) in [5.74, 6) is -0.574. The highest BCUT2D eigenvalue weighted by molar-refractivity contribution is 5.87. The first-order valence-electron chi connectivity index (χ1n) is 5.39. The fourth-order valence-corrected chi connectivity index (χ4v) is 1.37. The van der Waals surface area contributed by atoms with E-state index in [1.165, 1.54) is 7.05 Å². The third-order valence-corrected chi connectivity index (χ3v) is 2.23. The van der Waals surface area contributed by atoms with Crippen molar-refractivity contribution in [1.29, 1.82) is 0 Å². The fourth-order valence-electron chi connectivity index (χ4n) is 1.37. The minimum Gasteiger partial charge on any atom is -0.375 e. The average Bonchev–Trinajstić information content (AvgIpc) is 2.36. The number of para-hydroxylation sites is 1. The van der Waals surface area contributed by atoms with Crippen molar-refractivity contribution in [1.82, 2.24) is 5.32 Å². The molecule has 1 aromatic rings. The standard InChI is InChI=1S/C12H16N2O3/c1-3-14(10-7-5-4-6-8-10)9-11(15)17-12(16)13-2/h4-8H,3,9H2,1-2H3,(H,13,16). The number of amides is 1. The molecule has 1 amide bonds. The number of nitrogens with zero attached hydrogens (tertiary/aromatic N) is 1. The first-order chi connectivity index (χ1) is 8.17. The summed E-state index contributed by atoms with van der Waals surface area (Å²) in [7, 11) is 1.41. The SMILES string of the molecule is CCN(CC(=O)OC(=O)NC)c1ccccc1. The van der Waals surface area contributed by atoms with Crippen molar-refractivity contribution in [2.24, 2.45) is 0 Å². The van der Waals surface area contributed by atoms with E-state index in [4.69, 9.17) is 0 Å². The van der Waals surface area contributed by atoms with Gasteiger partial charge in [-0.15, -0.1) is 0 Å². The number of rotatable bonds is 4. The van der Waals surface area contributed by atoms with E-state index in [1.807, 2.05) is 42.2 Å². The summed E-state index contributed by atoms with van der Waals surface area (Å²) in [6, 6.07) is 9.48. The number of carbonyl (C=O) groups excluding carboxylic acids is 2. The Kier molecular flexibility index (Phi) is 5.00. The first-order valence-corrected chi connectivity index (χ1v) is 5.39. The Morgan fingerprint density at radius 2 is 1.94 bits per heavy atom. The summed E-state index contributed by atoms with van der Waals surface area (Å²) in [5.41, 5.74) is 0.920. The molecule has 0 bridgehead atoms. The highest BCUT2D eigenvalue weighted by Gasteiger charge is 2.13. The zero-order valence-corrected chi connectivity index (χ0v) is 9.97. The maximum absolute atomic E-state index is 11.4. The molecule has 0 saturated carbocycles. The van der Waals surface area contributed by atoms with Crippen LogP contribution in [-0.4, -0.2) is 32.2 Å². The summed E-state index contributed by atoms with van der Waals surface area (Å²) in [4.78, 5) is 24.1. The first kappa shape index (κ1) is 13.0. The summed E-state index contributed by atoms with van der Waals surface area (Å²) in [6.45, 7) is 2.64. The van der Waals surface area contributed by atoms with Crippen LogP contribution in [0.3, 0.4) is 0 Å². The zero-order chi connectivity index (χ0) is 12.7. The van der Waals surface area contributed by atoms with Crippen LogP contribution in [-0.2, 0) is 9.53 Å². The third kappa shape index (κ3) is 4.14. The number of likely N-dealkylation sites (N-methyl/N-ethyl adjacent to an activating group) is 1. The monoisotopic (exact) mass is 236 g/mol. The van der Waals surface area contributed by atoms with Crippen molar-refractivity contribution >= 4 is 17.7 Å². The highest BCUT2D eigenvalue weighted by Crippen LogP contribution is 2.12. The zero-order valence-electron chi connectivity index (χ0n) is 9.97. The van der Waals surface area contributed by atoms with Crippen LogP contribution < -0.4 is 10.2 Å². The maximum atomic E-state index is 11.4. The lowest BCUT2D eigenvalue weighted by Crippen LogP contribution is -2.33. The van der Waals surface area contributed by atoms with E-state index in [9.17, 15) is 9.59 Å². The predicted molar refractivity (Wildman–Crippen MR) is 64.9 cm³/mol. The summed E-state index contributed by atoms with van der Waals surface area (Å²) in [5, 5.41) is 2.23. The molecule has 0 aliphatic heterocycles. The van der Waals surface area contributed by atoms with Crippen molar-refractivity contribution in [2.75, 3.05) is 25.0 Å². The van der Waals surface area contributed by atoms with Gasteiger partial charge in [0.2, 0.25) is 0 Å². The molecule has 0 fully saturated rings. The Morgan fingerprint density at radius 1 is 1.29 bits per heavy atom. The average molecular weight is 236 g/mol. The van der Waals surface area contributed by atoms with Crippen LogP contribution in [0.2, 0.25) is 0 Å². The topological polar surface area (TPSA) is 58.6 Å². The Labute approximate surface area is 100 Å². The van der Waals surface area contributed by atoms with Gasteiger partial charge in [0.1, 0.15) is 6.54 Å². The van der Waals surface area contributed by atoms with E-state index in [0.717, 1.165) is 5.69 Å². The van der Waals surface area contributed by atoms with Gasteiger partial charge in [-0.3, -0.25) is 0 Å². The number of hydrogen-bond acceptors (Lipinski definition) is 4. The van der Waals surface area contributed by atoms with Crippen LogP contribution in [0, 0.1) is 0 Å². The van der Waals surface area contributed by atoms with Gasteiger partial charge in [-0.2, -0.15) is 0 Å². The van der Waals surface area contributed by atoms with Gasteiger partial charge in [-0.1, -0.05) is 18.2 Å². The minimum atomic E-state index is -0.737. The number of hydrogen-bond donors (Lipinski definition) is 1. The Hall–Kier alpha value is -2.04. The van der Waals surface area contributed by atoms with Crippen molar-refractivity contribution in [2.45, 2.75) is 6.92 Å². The second kappa shape index (κ2) is 6.52. The van der Waals surface area contributed by atoms with E-state index in [0.29, 0.717) is 6.54 Å². The Morgan fingerprint density at radius 3 is 2.47 bits per heavy atom. The molecule has 0 aliphatic rings. The lowest BCUT2D eigenvalue weighted by atomic mass is 10.3. The molecule has 0 aromatic heterocycles. The fraction of sp³-hybridized carbons (Fsp3) is 0.333. The molecule has 92 valence electrons. The number of nitrogens with one attached hydrogen (secondary N) is 1. The molecular formula is C12H16N2O3. The predicted octanol–water partition coefficient (Wildman–Crippen LogP) is 1.40. The van der Waals surface area contributed by atoms with Crippen molar-refractivity contribution in [3.05, 3.63) is 30.3 Å². The molecule has 0 aliphatic carbocycles. The molecule has 0 atom stereocenters. The number of benzene rings is 1. The molecule has 0 unspecified atom stereocenters. The number of esters is 1. The minimum absolute atomic E-state index is 0.0495. The molecule has 5 nitrogen and oxygen atoms in total. The summed E-state index contributed by atoms with van der Waals surface area (Å²) < 4.78 is 4.52. The van der Waals surface area contributed by atoms with Crippen LogP contribution >= 0.6 is 0 Å². The number of anilines is 1. The van der Waals surface area contributed by atoms with Gasteiger partial charge in [-0.25, -0.2) is 9.59 Å². The molecule has 0 heterocycles. The molecule has 17 heavy (non-hydrogen) atoms. The summed E-state index contributed by atoms with van der Waals surface area (Å²) in [6.07, 6.45) is -0.737. The molecule has 1 aromatic carbocycles. The molecule has 0 spiro atoms. The summed E-state index contributed by atoms with van der Waals surface area (Å²) >= 11 is 0. The largest absolute Gasteiger partial charge is 0.414 e. The van der Waals surface area contributed by atoms with E-state index < -0.39 is 12.1 Å². The Balaban J connectivity index is 2.59. The van der Waals surface area contributed by atoms with Gasteiger partial charge in [-0.05, 0) is 19.1 Å². The second-order valence-electron chi connectivity index (χ2n) is 3.36. The van der Waals surface area contributed by atoms with Gasteiger partial charge in [0.05, 0.1) is 0 Å². The normalized spacial score (nSPS) is 9.53. The van der Waals surface area contributed by atoms with Gasteiger partial charge in [0, 0.05) is 19.3 Å². The molecule has 0 radical (unpaired) electrons. The van der Waals surface area contributed by atoms with Gasteiger partial charge < -0.3 is 15.0 Å². The molecular weight excluding hydrogens is 220 g/mol. The number of ether oxygens (including phenoxy) is 1. The molecule has 1 N–H and O–H groups in total. The van der Waals surface area contributed by atoms with Gasteiger partial charge >= 0.3 is 12.1 Å². The highest BCUT2D eigenvalue weighted by atomic mass is 16.6. The Bertz CT molecular complexity index is 379. The number of alkyl carbamates (subject to hydrolysis) is 1. The van der Waals surface area contributed by atoms with E-state index >= 15 is 0 Å². The second-order valence-corrected chi connectivity index (χ2v) is 3.36. The smallest absolute Gasteiger partial charge is 0.375 e. The van der Waals surface area contributed by atoms with Crippen LogP contribution in [0.5, 0.6) is 0 Å². The van der Waals surface area contributed by atoms with E-state index in [1.54, 1.807) is 0 Å². The van der Waals surface area contributed by atoms with Crippen LogP contribution in [0.15, 0.2) is 30.3 Å². The van der Waals surface area contributed by atoms with Gasteiger partial charge in [0.25, 0.3) is 0 Å². The third-order valence-electron chi connectivity index (χ3n) is 2.23.